The molecule has 0 N–H and O–H groups in total. The molecule has 0 radical (unpaired) electrons. The molecule has 0 spiro atoms. The molecule has 0 amide bonds. The molecule has 0 bridgehead atoms. The van der Waals surface area contributed by atoms with Crippen molar-refractivity contribution in [2.24, 2.45) is 11.8 Å². The van der Waals surface area contributed by atoms with Crippen LogP contribution in [0.15, 0.2) is 12.2 Å². The Morgan fingerprint density at radius 2 is 2.27 bits per heavy atom. The van der Waals surface area contributed by atoms with Crippen molar-refractivity contribution < 1.29 is 4.79 Å². The third kappa shape index (κ3) is 2.18. The lowest BCUT2D eigenvalue weighted by atomic mass is 9.95. The highest BCUT2D eigenvalue weighted by Gasteiger charge is 2.27. The summed E-state index contributed by atoms with van der Waals surface area (Å²) in [5, 5.41) is 0. The largest absolute Gasteiger partial charge is 0.299 e. The second-order valence-electron chi connectivity index (χ2n) is 3.92. The van der Waals surface area contributed by atoms with Gasteiger partial charge in [0.15, 0.2) is 0 Å². The second-order valence-corrected chi connectivity index (χ2v) is 3.92. The van der Waals surface area contributed by atoms with Crippen molar-refractivity contribution in [2.45, 2.75) is 33.1 Å². The quantitative estimate of drug-likeness (QED) is 0.556. The molecule has 1 aliphatic carbocycles. The predicted octanol–water partition coefficient (Wildman–Crippen LogP) is 2.57. The van der Waals surface area contributed by atoms with E-state index in [9.17, 15) is 4.79 Å². The minimum absolute atomic E-state index is 0.294. The molecule has 1 aliphatic rings. The summed E-state index contributed by atoms with van der Waals surface area (Å²) in [7, 11) is 0. The van der Waals surface area contributed by atoms with Crippen LogP contribution >= 0.6 is 0 Å². The maximum Gasteiger partial charge on any atom is 0.140 e. The van der Waals surface area contributed by atoms with Crippen LogP contribution in [0.5, 0.6) is 0 Å². The summed E-state index contributed by atoms with van der Waals surface area (Å²) in [6, 6.07) is 0. The number of Topliss-reactive ketones (excluding diaryl/α,β-unsaturated/α-hetero) is 1. The molecule has 1 fully saturated rings. The SMILES string of the molecule is C=C1CC(=O)C(CC(C)C)C1. The topological polar surface area (TPSA) is 17.1 Å². The smallest absolute Gasteiger partial charge is 0.140 e. The molecule has 1 atom stereocenters. The summed E-state index contributed by atoms with van der Waals surface area (Å²) in [6.45, 7) is 8.16. The molecule has 0 aromatic heterocycles. The highest BCUT2D eigenvalue weighted by Crippen LogP contribution is 2.30. The molecule has 0 saturated heterocycles. The number of carbonyl (C=O) groups excluding carboxylic acids is 1. The molecular weight excluding hydrogens is 136 g/mol. The zero-order valence-corrected chi connectivity index (χ0v) is 7.39. The Morgan fingerprint density at radius 3 is 2.64 bits per heavy atom. The lowest BCUT2D eigenvalue weighted by Crippen LogP contribution is -2.08. The highest BCUT2D eigenvalue weighted by molar-refractivity contribution is 5.86. The Morgan fingerprint density at radius 1 is 1.64 bits per heavy atom. The van der Waals surface area contributed by atoms with Crippen molar-refractivity contribution in [3.05, 3.63) is 12.2 Å². The molecule has 11 heavy (non-hydrogen) atoms. The van der Waals surface area contributed by atoms with Crippen molar-refractivity contribution in [1.82, 2.24) is 0 Å². The van der Waals surface area contributed by atoms with E-state index in [2.05, 4.69) is 20.4 Å². The Kier molecular flexibility index (Phi) is 2.48. The lowest BCUT2D eigenvalue weighted by Gasteiger charge is -2.09. The Bertz CT molecular complexity index is 179. The number of allylic oxidation sites excluding steroid dienone is 1. The van der Waals surface area contributed by atoms with Gasteiger partial charge < -0.3 is 0 Å². The van der Waals surface area contributed by atoms with Gasteiger partial charge in [-0.25, -0.2) is 0 Å². The molecule has 1 saturated carbocycles. The molecule has 0 heterocycles. The fraction of sp³-hybridized carbons (Fsp3) is 0.700. The molecule has 1 nitrogen and oxygen atoms in total. The van der Waals surface area contributed by atoms with E-state index in [1.165, 1.54) is 0 Å². The van der Waals surface area contributed by atoms with Crippen LogP contribution in [-0.4, -0.2) is 5.78 Å². The summed E-state index contributed by atoms with van der Waals surface area (Å²) < 4.78 is 0. The second kappa shape index (κ2) is 3.21. The van der Waals surface area contributed by atoms with Crippen LogP contribution in [0.4, 0.5) is 0 Å². The van der Waals surface area contributed by atoms with Crippen molar-refractivity contribution >= 4 is 5.78 Å². The molecule has 0 aromatic carbocycles. The van der Waals surface area contributed by atoms with Crippen LogP contribution < -0.4 is 0 Å². The first-order valence-electron chi connectivity index (χ1n) is 4.29. The first-order valence-corrected chi connectivity index (χ1v) is 4.29. The standard InChI is InChI=1S/C10H16O/c1-7(2)4-9-5-8(3)6-10(9)11/h7,9H,3-6H2,1-2H3. The van der Waals surface area contributed by atoms with E-state index in [1.54, 1.807) is 0 Å². The normalized spacial score (nSPS) is 25.2. The molecule has 0 aromatic rings. The Balaban J connectivity index is 2.47. The molecule has 1 heteroatoms. The molecule has 1 unspecified atom stereocenters. The first-order chi connectivity index (χ1) is 5.09. The monoisotopic (exact) mass is 152 g/mol. The zero-order chi connectivity index (χ0) is 8.43. The van der Waals surface area contributed by atoms with Crippen molar-refractivity contribution in [1.29, 1.82) is 0 Å². The van der Waals surface area contributed by atoms with Gasteiger partial charge in [-0.2, -0.15) is 0 Å². The van der Waals surface area contributed by atoms with Gasteiger partial charge in [-0.1, -0.05) is 26.0 Å². The maximum absolute atomic E-state index is 11.3. The van der Waals surface area contributed by atoms with Crippen LogP contribution in [0.3, 0.4) is 0 Å². The van der Waals surface area contributed by atoms with Crippen LogP contribution in [0.2, 0.25) is 0 Å². The van der Waals surface area contributed by atoms with E-state index in [1.807, 2.05) is 0 Å². The Labute approximate surface area is 68.5 Å². The number of hydrogen-bond acceptors (Lipinski definition) is 1. The lowest BCUT2D eigenvalue weighted by molar-refractivity contribution is -0.120. The highest BCUT2D eigenvalue weighted by atomic mass is 16.1. The number of carbonyl (C=O) groups is 1. The third-order valence-corrected chi connectivity index (χ3v) is 2.17. The summed E-state index contributed by atoms with van der Waals surface area (Å²) in [5.74, 6) is 1.33. The summed E-state index contributed by atoms with van der Waals surface area (Å²) in [4.78, 5) is 11.3. The fourth-order valence-electron chi connectivity index (χ4n) is 1.71. The molecule has 0 aliphatic heterocycles. The van der Waals surface area contributed by atoms with Crippen molar-refractivity contribution in [2.75, 3.05) is 0 Å². The van der Waals surface area contributed by atoms with Gasteiger partial charge >= 0.3 is 0 Å². The van der Waals surface area contributed by atoms with E-state index in [0.717, 1.165) is 18.4 Å². The van der Waals surface area contributed by atoms with E-state index >= 15 is 0 Å². The zero-order valence-electron chi connectivity index (χ0n) is 7.39. The van der Waals surface area contributed by atoms with Crippen LogP contribution in [0.25, 0.3) is 0 Å². The average Bonchev–Trinajstić information content (AvgIpc) is 2.09. The minimum Gasteiger partial charge on any atom is -0.299 e. The van der Waals surface area contributed by atoms with Gasteiger partial charge in [0, 0.05) is 12.3 Å². The van der Waals surface area contributed by atoms with Crippen molar-refractivity contribution in [3.63, 3.8) is 0 Å². The van der Waals surface area contributed by atoms with Crippen LogP contribution in [-0.2, 0) is 4.79 Å². The van der Waals surface area contributed by atoms with Gasteiger partial charge in [-0.15, -0.1) is 0 Å². The van der Waals surface area contributed by atoms with Crippen molar-refractivity contribution in [3.8, 4) is 0 Å². The summed E-state index contributed by atoms with van der Waals surface area (Å²) in [6.07, 6.45) is 2.62. The number of ketones is 1. The van der Waals surface area contributed by atoms with Gasteiger partial charge in [-0.05, 0) is 18.8 Å². The van der Waals surface area contributed by atoms with Gasteiger partial charge in [0.2, 0.25) is 0 Å². The Hall–Kier alpha value is -0.590. The summed E-state index contributed by atoms with van der Waals surface area (Å²) >= 11 is 0. The van der Waals surface area contributed by atoms with Crippen LogP contribution in [0, 0.1) is 11.8 Å². The van der Waals surface area contributed by atoms with E-state index in [-0.39, 0.29) is 0 Å². The van der Waals surface area contributed by atoms with E-state index in [0.29, 0.717) is 24.0 Å². The molecule has 62 valence electrons. The van der Waals surface area contributed by atoms with E-state index < -0.39 is 0 Å². The van der Waals surface area contributed by atoms with Gasteiger partial charge in [0.1, 0.15) is 5.78 Å². The molecular formula is C10H16O. The molecule has 1 rings (SSSR count). The summed E-state index contributed by atoms with van der Waals surface area (Å²) in [5.41, 5.74) is 1.13. The van der Waals surface area contributed by atoms with Gasteiger partial charge in [-0.3, -0.25) is 4.79 Å². The number of hydrogen-bond donors (Lipinski definition) is 0. The third-order valence-electron chi connectivity index (χ3n) is 2.17. The van der Waals surface area contributed by atoms with Crippen LogP contribution in [0.1, 0.15) is 33.1 Å². The fourth-order valence-corrected chi connectivity index (χ4v) is 1.71. The minimum atomic E-state index is 0.294. The number of rotatable bonds is 2. The van der Waals surface area contributed by atoms with E-state index in [4.69, 9.17) is 0 Å². The average molecular weight is 152 g/mol. The van der Waals surface area contributed by atoms with Gasteiger partial charge in [0.25, 0.3) is 0 Å². The first kappa shape index (κ1) is 8.51. The van der Waals surface area contributed by atoms with Gasteiger partial charge in [0.05, 0.1) is 0 Å². The maximum atomic E-state index is 11.3. The predicted molar refractivity (Wildman–Crippen MR) is 46.3 cm³/mol.